The molecule has 2 fully saturated rings. The van der Waals surface area contributed by atoms with Crippen molar-refractivity contribution in [2.24, 2.45) is 5.92 Å². The molecule has 2 aromatic rings. The van der Waals surface area contributed by atoms with Crippen LogP contribution in [0.15, 0.2) is 34.8 Å². The largest absolute Gasteiger partial charge is 0.460 e. The molecule has 0 saturated carbocycles. The minimum atomic E-state index is 0.0133. The van der Waals surface area contributed by atoms with E-state index in [0.717, 1.165) is 67.5 Å². The number of hydrogen-bond acceptors (Lipinski definition) is 3. The highest BCUT2D eigenvalue weighted by Gasteiger charge is 2.30. The Balaban J connectivity index is 1.39. The van der Waals surface area contributed by atoms with Crippen molar-refractivity contribution in [3.63, 3.8) is 0 Å². The lowest BCUT2D eigenvalue weighted by Crippen LogP contribution is -2.43. The van der Waals surface area contributed by atoms with E-state index in [0.29, 0.717) is 13.1 Å². The number of rotatable bonds is 4. The lowest BCUT2D eigenvalue weighted by molar-refractivity contribution is -0.138. The number of para-hydroxylation sites is 1. The molecule has 1 aromatic carbocycles. The second kappa shape index (κ2) is 8.21. The lowest BCUT2D eigenvalue weighted by atomic mass is 9.95. The smallest absolute Gasteiger partial charge is 0.246 e. The van der Waals surface area contributed by atoms with Gasteiger partial charge in [-0.3, -0.25) is 9.59 Å². The Morgan fingerprint density at radius 1 is 1.07 bits per heavy atom. The van der Waals surface area contributed by atoms with Gasteiger partial charge >= 0.3 is 0 Å². The van der Waals surface area contributed by atoms with Crippen molar-refractivity contribution in [3.05, 3.63) is 41.7 Å². The summed E-state index contributed by atoms with van der Waals surface area (Å²) in [5.74, 6) is 1.29. The zero-order valence-electron chi connectivity index (χ0n) is 16.5. The molecule has 0 radical (unpaired) electrons. The van der Waals surface area contributed by atoms with E-state index in [9.17, 15) is 9.59 Å². The quantitative estimate of drug-likeness (QED) is 0.757. The first-order valence-electron chi connectivity index (χ1n) is 10.4. The Labute approximate surface area is 166 Å². The number of furan rings is 1. The summed E-state index contributed by atoms with van der Waals surface area (Å²) in [7, 11) is 0. The fraction of sp³-hybridized carbons (Fsp3) is 0.478. The van der Waals surface area contributed by atoms with Crippen molar-refractivity contribution < 1.29 is 14.0 Å². The Kier molecular flexibility index (Phi) is 5.51. The average molecular weight is 380 g/mol. The molecule has 0 unspecified atom stereocenters. The van der Waals surface area contributed by atoms with Gasteiger partial charge in [-0.25, -0.2) is 0 Å². The van der Waals surface area contributed by atoms with Crippen molar-refractivity contribution in [1.29, 1.82) is 0 Å². The minimum Gasteiger partial charge on any atom is -0.460 e. The van der Waals surface area contributed by atoms with Crippen molar-refractivity contribution >= 4 is 28.9 Å². The third-order valence-corrected chi connectivity index (χ3v) is 6.00. The topological polar surface area (TPSA) is 53.8 Å². The van der Waals surface area contributed by atoms with Gasteiger partial charge in [-0.15, -0.1) is 0 Å². The predicted molar refractivity (Wildman–Crippen MR) is 110 cm³/mol. The van der Waals surface area contributed by atoms with Crippen molar-refractivity contribution in [3.8, 4) is 0 Å². The number of likely N-dealkylation sites (tertiary alicyclic amines) is 2. The van der Waals surface area contributed by atoms with Gasteiger partial charge < -0.3 is 14.2 Å². The first-order chi connectivity index (χ1) is 13.7. The van der Waals surface area contributed by atoms with Gasteiger partial charge in [0.25, 0.3) is 0 Å². The summed E-state index contributed by atoms with van der Waals surface area (Å²) in [6, 6.07) is 7.92. The molecule has 0 aliphatic carbocycles. The van der Waals surface area contributed by atoms with E-state index in [4.69, 9.17) is 4.42 Å². The Morgan fingerprint density at radius 2 is 1.79 bits per heavy atom. The van der Waals surface area contributed by atoms with E-state index in [1.807, 2.05) is 40.1 Å². The second-order valence-electron chi connectivity index (χ2n) is 7.75. The van der Waals surface area contributed by atoms with Crippen LogP contribution in [0, 0.1) is 5.92 Å². The molecule has 3 heterocycles. The number of carbonyl (C=O) groups excluding carboxylic acids is 2. The summed E-state index contributed by atoms with van der Waals surface area (Å²) in [6.45, 7) is 5.16. The van der Waals surface area contributed by atoms with Gasteiger partial charge in [0.05, 0.1) is 0 Å². The average Bonchev–Trinajstić information content (AvgIpc) is 3.39. The number of fused-ring (bicyclic) bond motifs is 1. The number of benzene rings is 1. The summed E-state index contributed by atoms with van der Waals surface area (Å²) in [6.07, 6.45) is 8.10. The van der Waals surface area contributed by atoms with Crippen LogP contribution in [0.4, 0.5) is 0 Å². The number of amides is 2. The molecular weight excluding hydrogens is 352 g/mol. The highest BCUT2D eigenvalue weighted by atomic mass is 16.3. The summed E-state index contributed by atoms with van der Waals surface area (Å²) in [4.78, 5) is 29.1. The Bertz CT molecular complexity index is 884. The maximum Gasteiger partial charge on any atom is 0.246 e. The molecule has 0 N–H and O–H groups in total. The van der Waals surface area contributed by atoms with Gasteiger partial charge in [0, 0.05) is 55.5 Å². The van der Waals surface area contributed by atoms with Crippen LogP contribution in [-0.4, -0.2) is 47.8 Å². The van der Waals surface area contributed by atoms with Crippen LogP contribution >= 0.6 is 0 Å². The first-order valence-corrected chi connectivity index (χ1v) is 10.4. The fourth-order valence-electron chi connectivity index (χ4n) is 4.36. The van der Waals surface area contributed by atoms with Crippen LogP contribution in [0.5, 0.6) is 0 Å². The molecule has 2 aliphatic rings. The van der Waals surface area contributed by atoms with E-state index in [-0.39, 0.29) is 17.7 Å². The van der Waals surface area contributed by atoms with Crippen LogP contribution in [-0.2, 0) is 16.0 Å². The van der Waals surface area contributed by atoms with E-state index in [2.05, 4.69) is 6.92 Å². The Morgan fingerprint density at radius 3 is 2.50 bits per heavy atom. The maximum absolute atomic E-state index is 12.7. The summed E-state index contributed by atoms with van der Waals surface area (Å²) in [5.41, 5.74) is 1.85. The molecule has 1 aromatic heterocycles. The molecule has 5 heteroatoms. The molecule has 0 atom stereocenters. The summed E-state index contributed by atoms with van der Waals surface area (Å²) in [5, 5.41) is 1.04. The van der Waals surface area contributed by atoms with Crippen molar-refractivity contribution in [2.75, 3.05) is 26.2 Å². The van der Waals surface area contributed by atoms with Gasteiger partial charge in [-0.05, 0) is 37.8 Å². The molecule has 2 saturated heterocycles. The zero-order chi connectivity index (χ0) is 19.5. The normalized spacial score (nSPS) is 18.5. The standard InChI is InChI=1S/C23H28N2O3/c1-2-20-19(18-7-3-4-8-21(18)28-20)9-10-22(26)24-15-11-17(12-16-24)23(27)25-13-5-6-14-25/h3-4,7-10,17H,2,5-6,11-16H2,1H3/b10-9+. The number of hydrogen-bond donors (Lipinski definition) is 0. The van der Waals surface area contributed by atoms with E-state index >= 15 is 0 Å². The van der Waals surface area contributed by atoms with Crippen LogP contribution < -0.4 is 0 Å². The summed E-state index contributed by atoms with van der Waals surface area (Å²) >= 11 is 0. The third kappa shape index (κ3) is 3.71. The van der Waals surface area contributed by atoms with Gasteiger partial charge in [0.2, 0.25) is 11.8 Å². The number of piperidine rings is 1. The van der Waals surface area contributed by atoms with Gasteiger partial charge in [0.15, 0.2) is 0 Å². The van der Waals surface area contributed by atoms with Crippen LogP contribution in [0.1, 0.15) is 43.9 Å². The monoisotopic (exact) mass is 380 g/mol. The minimum absolute atomic E-state index is 0.0133. The van der Waals surface area contributed by atoms with E-state index < -0.39 is 0 Å². The van der Waals surface area contributed by atoms with Gasteiger partial charge in [-0.1, -0.05) is 25.1 Å². The molecule has 148 valence electrons. The third-order valence-electron chi connectivity index (χ3n) is 6.00. The molecular formula is C23H28N2O3. The SMILES string of the molecule is CCc1oc2ccccc2c1/C=C/C(=O)N1CCC(C(=O)N2CCCC2)CC1. The fourth-order valence-corrected chi connectivity index (χ4v) is 4.36. The first kappa shape index (κ1) is 18.8. The van der Waals surface area contributed by atoms with Crippen LogP contribution in [0.2, 0.25) is 0 Å². The number of aryl methyl sites for hydroxylation is 1. The lowest BCUT2D eigenvalue weighted by Gasteiger charge is -2.32. The zero-order valence-corrected chi connectivity index (χ0v) is 16.5. The Hall–Kier alpha value is -2.56. The van der Waals surface area contributed by atoms with Gasteiger partial charge in [0.1, 0.15) is 11.3 Å². The van der Waals surface area contributed by atoms with Crippen LogP contribution in [0.25, 0.3) is 17.0 Å². The molecule has 0 bridgehead atoms. The van der Waals surface area contributed by atoms with Crippen LogP contribution in [0.3, 0.4) is 0 Å². The molecule has 28 heavy (non-hydrogen) atoms. The number of nitrogens with zero attached hydrogens (tertiary/aromatic N) is 2. The van der Waals surface area contributed by atoms with Gasteiger partial charge in [-0.2, -0.15) is 0 Å². The molecule has 2 amide bonds. The summed E-state index contributed by atoms with van der Waals surface area (Å²) < 4.78 is 5.90. The van der Waals surface area contributed by atoms with E-state index in [1.165, 1.54) is 0 Å². The van der Waals surface area contributed by atoms with E-state index in [1.54, 1.807) is 6.08 Å². The molecule has 0 spiro atoms. The predicted octanol–water partition coefficient (Wildman–Crippen LogP) is 3.87. The highest BCUT2D eigenvalue weighted by Crippen LogP contribution is 2.28. The second-order valence-corrected chi connectivity index (χ2v) is 7.75. The van der Waals surface area contributed by atoms with Crippen molar-refractivity contribution in [1.82, 2.24) is 9.80 Å². The molecule has 2 aliphatic heterocycles. The maximum atomic E-state index is 12.7. The molecule has 5 nitrogen and oxygen atoms in total. The number of carbonyl (C=O) groups is 2. The van der Waals surface area contributed by atoms with Crippen molar-refractivity contribution in [2.45, 2.75) is 39.0 Å². The molecule has 4 rings (SSSR count). The highest BCUT2D eigenvalue weighted by molar-refractivity contribution is 5.96.